The van der Waals surface area contributed by atoms with E-state index in [0.29, 0.717) is 24.2 Å². The molecule has 0 spiro atoms. The van der Waals surface area contributed by atoms with Gasteiger partial charge in [-0.05, 0) is 23.8 Å². The number of nitrogens with zero attached hydrogens (tertiary/aromatic N) is 2. The van der Waals surface area contributed by atoms with E-state index >= 15 is 0 Å². The molecule has 23 heavy (non-hydrogen) atoms. The van der Waals surface area contributed by atoms with Crippen molar-refractivity contribution in [1.29, 1.82) is 0 Å². The molecule has 6 nitrogen and oxygen atoms in total. The molecule has 0 bridgehead atoms. The van der Waals surface area contributed by atoms with E-state index in [1.54, 1.807) is 18.6 Å². The highest BCUT2D eigenvalue weighted by molar-refractivity contribution is 6.01. The number of benzene rings is 1. The number of nitrogens with one attached hydrogen (secondary N) is 2. The second kappa shape index (κ2) is 6.51. The second-order valence-corrected chi connectivity index (χ2v) is 5.27. The maximum absolute atomic E-state index is 13.4. The molecule has 1 aliphatic rings. The highest BCUT2D eigenvalue weighted by atomic mass is 19.1. The van der Waals surface area contributed by atoms with Crippen molar-refractivity contribution < 1.29 is 14.0 Å². The van der Waals surface area contributed by atoms with Gasteiger partial charge in [0, 0.05) is 43.7 Å². The van der Waals surface area contributed by atoms with Crippen molar-refractivity contribution in [3.63, 3.8) is 0 Å². The van der Waals surface area contributed by atoms with Crippen LogP contribution < -0.4 is 10.6 Å². The van der Waals surface area contributed by atoms with Gasteiger partial charge in [0.15, 0.2) is 0 Å². The third-order valence-electron chi connectivity index (χ3n) is 3.67. The summed E-state index contributed by atoms with van der Waals surface area (Å²) in [6, 6.07) is 4.02. The molecule has 2 heterocycles. The minimum absolute atomic E-state index is 0.00737. The Kier molecular flexibility index (Phi) is 4.27. The fourth-order valence-corrected chi connectivity index (χ4v) is 2.56. The standard InChI is InChI=1S/C16H15FN4O2/c17-10-1-2-14-12(7-10)13(8-15(22)21-14)16(23)20-4-3-11-9-18-5-6-19-11/h1-2,5-7,9,13H,3-4,8H2,(H,20,23)(H,21,22)/t13-/m0/s1. The van der Waals surface area contributed by atoms with Gasteiger partial charge >= 0.3 is 0 Å². The number of halogens is 1. The average molecular weight is 314 g/mol. The first-order valence-electron chi connectivity index (χ1n) is 7.25. The number of fused-ring (bicyclic) bond motifs is 1. The average Bonchev–Trinajstić information content (AvgIpc) is 2.55. The molecule has 2 amide bonds. The van der Waals surface area contributed by atoms with Crippen molar-refractivity contribution in [2.75, 3.05) is 11.9 Å². The van der Waals surface area contributed by atoms with Crippen LogP contribution in [0.15, 0.2) is 36.8 Å². The number of hydrogen-bond donors (Lipinski definition) is 2. The number of anilines is 1. The number of carbonyl (C=O) groups excluding carboxylic acids is 2. The number of rotatable bonds is 4. The first-order valence-corrected chi connectivity index (χ1v) is 7.25. The quantitative estimate of drug-likeness (QED) is 0.893. The van der Waals surface area contributed by atoms with E-state index in [4.69, 9.17) is 0 Å². The fraction of sp³-hybridized carbons (Fsp3) is 0.250. The van der Waals surface area contributed by atoms with E-state index in [-0.39, 0.29) is 18.2 Å². The summed E-state index contributed by atoms with van der Waals surface area (Å²) < 4.78 is 13.4. The van der Waals surface area contributed by atoms with Gasteiger partial charge in [-0.1, -0.05) is 0 Å². The smallest absolute Gasteiger partial charge is 0.228 e. The highest BCUT2D eigenvalue weighted by Gasteiger charge is 2.30. The third kappa shape index (κ3) is 3.50. The topological polar surface area (TPSA) is 84.0 Å². The molecule has 118 valence electrons. The lowest BCUT2D eigenvalue weighted by Gasteiger charge is -2.24. The number of amides is 2. The largest absolute Gasteiger partial charge is 0.355 e. The zero-order chi connectivity index (χ0) is 16.2. The summed E-state index contributed by atoms with van der Waals surface area (Å²) in [5.74, 6) is -1.66. The van der Waals surface area contributed by atoms with Gasteiger partial charge < -0.3 is 10.6 Å². The van der Waals surface area contributed by atoms with Crippen LogP contribution in [0.25, 0.3) is 0 Å². The van der Waals surface area contributed by atoms with E-state index in [1.165, 1.54) is 18.2 Å². The van der Waals surface area contributed by atoms with Gasteiger partial charge in [-0.15, -0.1) is 0 Å². The van der Waals surface area contributed by atoms with Crippen molar-refractivity contribution in [3.8, 4) is 0 Å². The number of hydrogen-bond acceptors (Lipinski definition) is 4. The zero-order valence-corrected chi connectivity index (χ0v) is 12.3. The molecule has 0 saturated heterocycles. The van der Waals surface area contributed by atoms with Crippen LogP contribution in [0.5, 0.6) is 0 Å². The summed E-state index contributed by atoms with van der Waals surface area (Å²) in [5, 5.41) is 5.42. The molecule has 2 aromatic rings. The number of aromatic nitrogens is 2. The van der Waals surface area contributed by atoms with Gasteiger partial charge in [0.25, 0.3) is 0 Å². The summed E-state index contributed by atoms with van der Waals surface area (Å²) in [6.45, 7) is 0.375. The van der Waals surface area contributed by atoms with E-state index in [0.717, 1.165) is 5.69 Å². The van der Waals surface area contributed by atoms with Crippen LogP contribution in [0.2, 0.25) is 0 Å². The molecule has 1 aliphatic heterocycles. The van der Waals surface area contributed by atoms with Crippen LogP contribution in [0.3, 0.4) is 0 Å². The Morgan fingerprint density at radius 1 is 1.39 bits per heavy atom. The minimum Gasteiger partial charge on any atom is -0.355 e. The Morgan fingerprint density at radius 3 is 3.04 bits per heavy atom. The zero-order valence-electron chi connectivity index (χ0n) is 12.3. The van der Waals surface area contributed by atoms with Gasteiger partial charge in [-0.3, -0.25) is 19.6 Å². The molecule has 3 rings (SSSR count). The van der Waals surface area contributed by atoms with Crippen molar-refractivity contribution in [3.05, 3.63) is 53.9 Å². The Hall–Kier alpha value is -2.83. The number of carbonyl (C=O) groups is 2. The summed E-state index contributed by atoms with van der Waals surface area (Å²) in [4.78, 5) is 32.1. The predicted molar refractivity (Wildman–Crippen MR) is 81.1 cm³/mol. The normalized spacial score (nSPS) is 16.4. The van der Waals surface area contributed by atoms with Gasteiger partial charge in [-0.2, -0.15) is 0 Å². The summed E-state index contributed by atoms with van der Waals surface area (Å²) in [6.07, 6.45) is 5.34. The lowest BCUT2D eigenvalue weighted by molar-refractivity contribution is -0.126. The van der Waals surface area contributed by atoms with Crippen LogP contribution in [-0.2, 0) is 16.0 Å². The molecular formula is C16H15FN4O2. The molecule has 1 atom stereocenters. The van der Waals surface area contributed by atoms with Crippen molar-refractivity contribution in [2.45, 2.75) is 18.8 Å². The van der Waals surface area contributed by atoms with E-state index in [2.05, 4.69) is 20.6 Å². The van der Waals surface area contributed by atoms with Gasteiger partial charge in [0.1, 0.15) is 5.82 Å². The van der Waals surface area contributed by atoms with Gasteiger partial charge in [0.05, 0.1) is 11.6 Å². The summed E-state index contributed by atoms with van der Waals surface area (Å²) >= 11 is 0. The van der Waals surface area contributed by atoms with Gasteiger partial charge in [0.2, 0.25) is 11.8 Å². The first kappa shape index (κ1) is 15.1. The maximum atomic E-state index is 13.4. The third-order valence-corrected chi connectivity index (χ3v) is 3.67. The van der Waals surface area contributed by atoms with Crippen LogP contribution in [0.1, 0.15) is 23.6 Å². The molecule has 1 aromatic carbocycles. The van der Waals surface area contributed by atoms with Gasteiger partial charge in [-0.25, -0.2) is 4.39 Å². The monoisotopic (exact) mass is 314 g/mol. The molecule has 2 N–H and O–H groups in total. The highest BCUT2D eigenvalue weighted by Crippen LogP contribution is 2.32. The van der Waals surface area contributed by atoms with Crippen molar-refractivity contribution in [2.24, 2.45) is 0 Å². The lowest BCUT2D eigenvalue weighted by Crippen LogP contribution is -2.36. The molecule has 7 heteroatoms. The molecule has 0 fully saturated rings. The minimum atomic E-state index is -0.684. The van der Waals surface area contributed by atoms with Crippen LogP contribution in [0.4, 0.5) is 10.1 Å². The fourth-order valence-electron chi connectivity index (χ4n) is 2.56. The SMILES string of the molecule is O=C1C[C@H](C(=O)NCCc2cnccn2)c2cc(F)ccc2N1. The Labute approximate surface area is 132 Å². The molecule has 0 radical (unpaired) electrons. The second-order valence-electron chi connectivity index (χ2n) is 5.27. The van der Waals surface area contributed by atoms with E-state index < -0.39 is 11.7 Å². The predicted octanol–water partition coefficient (Wildman–Crippen LogP) is 1.40. The molecule has 0 aliphatic carbocycles. The van der Waals surface area contributed by atoms with Crippen LogP contribution >= 0.6 is 0 Å². The molecular weight excluding hydrogens is 299 g/mol. The molecule has 1 aromatic heterocycles. The Balaban J connectivity index is 1.68. The van der Waals surface area contributed by atoms with Crippen molar-refractivity contribution in [1.82, 2.24) is 15.3 Å². The molecule has 0 saturated carbocycles. The van der Waals surface area contributed by atoms with E-state index in [9.17, 15) is 14.0 Å². The van der Waals surface area contributed by atoms with Crippen LogP contribution in [-0.4, -0.2) is 28.3 Å². The first-order chi connectivity index (χ1) is 11.1. The van der Waals surface area contributed by atoms with Crippen LogP contribution in [0, 0.1) is 5.82 Å². The summed E-state index contributed by atoms with van der Waals surface area (Å²) in [7, 11) is 0. The Morgan fingerprint density at radius 2 is 2.26 bits per heavy atom. The van der Waals surface area contributed by atoms with Crippen molar-refractivity contribution >= 4 is 17.5 Å². The lowest BCUT2D eigenvalue weighted by atomic mass is 9.89. The summed E-state index contributed by atoms with van der Waals surface area (Å²) in [5.41, 5.74) is 1.75. The Bertz CT molecular complexity index is 736. The molecule has 0 unspecified atom stereocenters. The maximum Gasteiger partial charge on any atom is 0.228 e. The van der Waals surface area contributed by atoms with E-state index in [1.807, 2.05) is 0 Å².